The highest BCUT2D eigenvalue weighted by atomic mass is 19.1. The molecule has 0 fully saturated rings. The third-order valence-corrected chi connectivity index (χ3v) is 2.64. The number of aromatic nitrogens is 2. The Bertz CT molecular complexity index is 600. The molecule has 1 aromatic carbocycles. The molecule has 0 unspecified atom stereocenters. The van der Waals surface area contributed by atoms with Gasteiger partial charge in [-0.05, 0) is 24.3 Å². The van der Waals surface area contributed by atoms with E-state index in [1.54, 1.807) is 12.1 Å². The molecule has 0 atom stereocenters. The number of nitrogens with zero attached hydrogens (tertiary/aromatic N) is 2. The van der Waals surface area contributed by atoms with Crippen LogP contribution in [0.4, 0.5) is 4.39 Å². The molecular formula is C14H16FN3O2. The standard InChI is InChI=1S/C14H16FN3O2/c1-14(2,3)13(19)16-8-11-17-18-12(20-11)9-4-6-10(15)7-5-9/h4-7H,8H2,1-3H3,(H,16,19). The molecule has 0 bridgehead atoms. The number of nitrogens with one attached hydrogen (secondary N) is 1. The first-order chi connectivity index (χ1) is 9.36. The first kappa shape index (κ1) is 14.2. The topological polar surface area (TPSA) is 68.0 Å². The number of halogens is 1. The van der Waals surface area contributed by atoms with Crippen molar-refractivity contribution in [3.63, 3.8) is 0 Å². The highest BCUT2D eigenvalue weighted by Gasteiger charge is 2.21. The maximum atomic E-state index is 12.8. The molecule has 20 heavy (non-hydrogen) atoms. The summed E-state index contributed by atoms with van der Waals surface area (Å²) >= 11 is 0. The van der Waals surface area contributed by atoms with E-state index >= 15 is 0 Å². The summed E-state index contributed by atoms with van der Waals surface area (Å²) in [6.45, 7) is 5.63. The van der Waals surface area contributed by atoms with Crippen molar-refractivity contribution in [1.29, 1.82) is 0 Å². The first-order valence-corrected chi connectivity index (χ1v) is 6.23. The molecule has 1 aromatic heterocycles. The van der Waals surface area contributed by atoms with Crippen molar-refractivity contribution in [3.05, 3.63) is 36.0 Å². The zero-order chi connectivity index (χ0) is 14.8. The van der Waals surface area contributed by atoms with E-state index in [2.05, 4.69) is 15.5 Å². The maximum absolute atomic E-state index is 12.8. The number of amides is 1. The van der Waals surface area contributed by atoms with E-state index in [0.717, 1.165) is 0 Å². The van der Waals surface area contributed by atoms with Crippen LogP contribution in [0.2, 0.25) is 0 Å². The minimum absolute atomic E-state index is 0.0981. The molecule has 106 valence electrons. The Hall–Kier alpha value is -2.24. The Balaban J connectivity index is 2.03. The predicted molar refractivity (Wildman–Crippen MR) is 71.0 cm³/mol. The lowest BCUT2D eigenvalue weighted by molar-refractivity contribution is -0.128. The molecule has 2 aromatic rings. The molecule has 0 saturated heterocycles. The molecule has 0 aliphatic heterocycles. The molecule has 0 saturated carbocycles. The quantitative estimate of drug-likeness (QED) is 0.936. The van der Waals surface area contributed by atoms with Gasteiger partial charge >= 0.3 is 0 Å². The third-order valence-electron chi connectivity index (χ3n) is 2.64. The molecule has 0 aliphatic rings. The number of hydrogen-bond acceptors (Lipinski definition) is 4. The molecule has 6 heteroatoms. The summed E-state index contributed by atoms with van der Waals surface area (Å²) < 4.78 is 18.2. The minimum Gasteiger partial charge on any atom is -0.419 e. The van der Waals surface area contributed by atoms with E-state index in [9.17, 15) is 9.18 Å². The van der Waals surface area contributed by atoms with Crippen LogP contribution in [0.15, 0.2) is 28.7 Å². The monoisotopic (exact) mass is 277 g/mol. The molecule has 0 spiro atoms. The number of hydrogen-bond donors (Lipinski definition) is 1. The summed E-state index contributed by atoms with van der Waals surface area (Å²) in [6.07, 6.45) is 0. The largest absolute Gasteiger partial charge is 0.419 e. The molecule has 5 nitrogen and oxygen atoms in total. The second-order valence-corrected chi connectivity index (χ2v) is 5.44. The van der Waals surface area contributed by atoms with Gasteiger partial charge in [0.05, 0.1) is 6.54 Å². The highest BCUT2D eigenvalue weighted by Crippen LogP contribution is 2.18. The van der Waals surface area contributed by atoms with E-state index in [0.29, 0.717) is 17.3 Å². The lowest BCUT2D eigenvalue weighted by Gasteiger charge is -2.16. The average Bonchev–Trinajstić information content (AvgIpc) is 2.84. The number of carbonyl (C=O) groups excluding carboxylic acids is 1. The van der Waals surface area contributed by atoms with Crippen LogP contribution in [0.25, 0.3) is 11.5 Å². The zero-order valence-electron chi connectivity index (χ0n) is 11.6. The van der Waals surface area contributed by atoms with Gasteiger partial charge in [-0.25, -0.2) is 4.39 Å². The van der Waals surface area contributed by atoms with Crippen LogP contribution in [0, 0.1) is 11.2 Å². The van der Waals surface area contributed by atoms with Crippen LogP contribution in [0.5, 0.6) is 0 Å². The van der Waals surface area contributed by atoms with Gasteiger partial charge in [-0.15, -0.1) is 10.2 Å². The van der Waals surface area contributed by atoms with Crippen molar-refractivity contribution in [2.75, 3.05) is 0 Å². The third kappa shape index (κ3) is 3.40. The van der Waals surface area contributed by atoms with Gasteiger partial charge in [0.25, 0.3) is 0 Å². The highest BCUT2D eigenvalue weighted by molar-refractivity contribution is 5.81. The van der Waals surface area contributed by atoms with Gasteiger partial charge in [0.1, 0.15) is 5.82 Å². The molecule has 0 aliphatic carbocycles. The van der Waals surface area contributed by atoms with Crippen LogP contribution >= 0.6 is 0 Å². The van der Waals surface area contributed by atoms with Gasteiger partial charge < -0.3 is 9.73 Å². The van der Waals surface area contributed by atoms with E-state index in [1.165, 1.54) is 12.1 Å². The van der Waals surface area contributed by atoms with Gasteiger partial charge in [0, 0.05) is 11.0 Å². The number of benzene rings is 1. The number of carbonyl (C=O) groups is 1. The Kier molecular flexibility index (Phi) is 3.83. The van der Waals surface area contributed by atoms with Gasteiger partial charge in [-0.3, -0.25) is 4.79 Å². The van der Waals surface area contributed by atoms with Crippen molar-refractivity contribution in [2.24, 2.45) is 5.41 Å². The van der Waals surface area contributed by atoms with E-state index in [-0.39, 0.29) is 18.3 Å². The maximum Gasteiger partial charge on any atom is 0.247 e. The summed E-state index contributed by atoms with van der Waals surface area (Å²) in [7, 11) is 0. The van der Waals surface area contributed by atoms with Crippen LogP contribution in [0.3, 0.4) is 0 Å². The van der Waals surface area contributed by atoms with Crippen LogP contribution in [-0.2, 0) is 11.3 Å². The normalized spacial score (nSPS) is 11.4. The second kappa shape index (κ2) is 5.40. The first-order valence-electron chi connectivity index (χ1n) is 6.23. The van der Waals surface area contributed by atoms with Gasteiger partial charge in [0.2, 0.25) is 17.7 Å². The van der Waals surface area contributed by atoms with Crippen molar-refractivity contribution < 1.29 is 13.6 Å². The fourth-order valence-corrected chi connectivity index (χ4v) is 1.46. The zero-order valence-corrected chi connectivity index (χ0v) is 11.6. The Morgan fingerprint density at radius 2 is 1.90 bits per heavy atom. The van der Waals surface area contributed by atoms with E-state index < -0.39 is 5.41 Å². The SMILES string of the molecule is CC(C)(C)C(=O)NCc1nnc(-c2ccc(F)cc2)o1. The molecule has 1 N–H and O–H groups in total. The molecule has 1 heterocycles. The smallest absolute Gasteiger partial charge is 0.247 e. The van der Waals surface area contributed by atoms with Crippen LogP contribution in [0.1, 0.15) is 26.7 Å². The minimum atomic E-state index is -0.472. The number of rotatable bonds is 3. The second-order valence-electron chi connectivity index (χ2n) is 5.44. The molecule has 2 rings (SSSR count). The van der Waals surface area contributed by atoms with Crippen molar-refractivity contribution in [3.8, 4) is 11.5 Å². The van der Waals surface area contributed by atoms with E-state index in [4.69, 9.17) is 4.42 Å². The van der Waals surface area contributed by atoms with Gasteiger partial charge in [-0.1, -0.05) is 20.8 Å². The summed E-state index contributed by atoms with van der Waals surface area (Å²) in [5.41, 5.74) is 0.159. The average molecular weight is 277 g/mol. The Morgan fingerprint density at radius 1 is 1.25 bits per heavy atom. The van der Waals surface area contributed by atoms with E-state index in [1.807, 2.05) is 20.8 Å². The van der Waals surface area contributed by atoms with Crippen molar-refractivity contribution >= 4 is 5.91 Å². The Morgan fingerprint density at radius 3 is 2.50 bits per heavy atom. The van der Waals surface area contributed by atoms with Crippen LogP contribution < -0.4 is 5.32 Å². The summed E-state index contributed by atoms with van der Waals surface area (Å²) in [5.74, 6) is 0.178. The molecule has 0 radical (unpaired) electrons. The molecule has 1 amide bonds. The molecular weight excluding hydrogens is 261 g/mol. The predicted octanol–water partition coefficient (Wildman–Crippen LogP) is 2.54. The van der Waals surface area contributed by atoms with Crippen LogP contribution in [-0.4, -0.2) is 16.1 Å². The lowest BCUT2D eigenvalue weighted by atomic mass is 9.96. The fourth-order valence-electron chi connectivity index (χ4n) is 1.46. The van der Waals surface area contributed by atoms with Gasteiger partial charge in [-0.2, -0.15) is 0 Å². The summed E-state index contributed by atoms with van der Waals surface area (Å²) in [4.78, 5) is 11.7. The van der Waals surface area contributed by atoms with Gasteiger partial charge in [0.15, 0.2) is 0 Å². The van der Waals surface area contributed by atoms with Crippen molar-refractivity contribution in [2.45, 2.75) is 27.3 Å². The fraction of sp³-hybridized carbons (Fsp3) is 0.357. The summed E-state index contributed by atoms with van der Waals surface area (Å²) in [5, 5.41) is 10.4. The Labute approximate surface area is 116 Å². The van der Waals surface area contributed by atoms with Crippen molar-refractivity contribution in [1.82, 2.24) is 15.5 Å². The lowest BCUT2D eigenvalue weighted by Crippen LogP contribution is -2.34. The summed E-state index contributed by atoms with van der Waals surface area (Å²) in [6, 6.07) is 5.75.